The summed E-state index contributed by atoms with van der Waals surface area (Å²) in [4.78, 5) is 26.2. The molecule has 170 valence electrons. The highest BCUT2D eigenvalue weighted by molar-refractivity contribution is 6.31. The molecule has 1 heterocycles. The van der Waals surface area contributed by atoms with E-state index in [1.807, 2.05) is 45.0 Å². The topological polar surface area (TPSA) is 57.6 Å². The first-order valence-corrected chi connectivity index (χ1v) is 10.8. The van der Waals surface area contributed by atoms with Gasteiger partial charge in [0.1, 0.15) is 16.7 Å². The zero-order valence-corrected chi connectivity index (χ0v) is 19.2. The maximum atomic E-state index is 13.9. The fraction of sp³-hybridized carbons (Fsp3) is 0.231. The van der Waals surface area contributed by atoms with Gasteiger partial charge in [-0.25, -0.2) is 8.78 Å². The van der Waals surface area contributed by atoms with Crippen LogP contribution in [0.25, 0.3) is 11.1 Å². The highest BCUT2D eigenvalue weighted by atomic mass is 35.5. The molecule has 0 saturated heterocycles. The molecule has 0 fully saturated rings. The largest absolute Gasteiger partial charge is 0.481 e. The Kier molecular flexibility index (Phi) is 5.97. The molecule has 0 atom stereocenters. The number of fused-ring (bicyclic) bond motifs is 1. The van der Waals surface area contributed by atoms with E-state index in [4.69, 9.17) is 11.6 Å². The lowest BCUT2D eigenvalue weighted by molar-refractivity contribution is -0.136. The van der Waals surface area contributed by atoms with Crippen LogP contribution in [0.4, 0.5) is 8.78 Å². The zero-order valence-electron chi connectivity index (χ0n) is 18.4. The van der Waals surface area contributed by atoms with Crippen molar-refractivity contribution in [3.8, 4) is 11.1 Å². The number of hydrogen-bond acceptors (Lipinski definition) is 2. The Morgan fingerprint density at radius 2 is 1.52 bits per heavy atom. The lowest BCUT2D eigenvalue weighted by atomic mass is 9.84. The molecule has 0 aromatic heterocycles. The maximum absolute atomic E-state index is 13.9. The third-order valence-corrected chi connectivity index (χ3v) is 6.64. The van der Waals surface area contributed by atoms with E-state index in [0.717, 1.165) is 51.1 Å². The number of carbonyl (C=O) groups is 2. The normalized spacial score (nSPS) is 12.7. The average molecular weight is 470 g/mol. The Hall–Kier alpha value is -3.25. The predicted molar refractivity (Wildman–Crippen MR) is 122 cm³/mol. The Bertz CT molecular complexity index is 1280. The summed E-state index contributed by atoms with van der Waals surface area (Å²) in [5, 5.41) is 8.91. The lowest BCUT2D eigenvalue weighted by Crippen LogP contribution is -2.25. The minimum Gasteiger partial charge on any atom is -0.481 e. The molecule has 3 aromatic carbocycles. The van der Waals surface area contributed by atoms with Crippen LogP contribution < -0.4 is 0 Å². The monoisotopic (exact) mass is 469 g/mol. The third kappa shape index (κ3) is 4.11. The molecule has 1 aliphatic heterocycles. The van der Waals surface area contributed by atoms with Crippen molar-refractivity contribution < 1.29 is 23.5 Å². The number of aliphatic carboxylic acids is 1. The molecule has 0 aliphatic carbocycles. The molecule has 0 bridgehead atoms. The van der Waals surface area contributed by atoms with Gasteiger partial charge in [-0.05, 0) is 71.8 Å². The van der Waals surface area contributed by atoms with Crippen molar-refractivity contribution in [3.05, 3.63) is 92.0 Å². The Labute approximate surface area is 195 Å². The van der Waals surface area contributed by atoms with Crippen LogP contribution in [0.3, 0.4) is 0 Å². The van der Waals surface area contributed by atoms with Crippen molar-refractivity contribution in [1.82, 2.24) is 4.90 Å². The van der Waals surface area contributed by atoms with Gasteiger partial charge in [-0.15, -0.1) is 0 Å². The van der Waals surface area contributed by atoms with Crippen molar-refractivity contribution in [2.75, 3.05) is 0 Å². The van der Waals surface area contributed by atoms with Crippen molar-refractivity contribution in [2.45, 2.75) is 40.3 Å². The zero-order chi connectivity index (χ0) is 24.0. The number of carboxylic acid groups (broad SMARTS) is 1. The van der Waals surface area contributed by atoms with Gasteiger partial charge in [-0.2, -0.15) is 0 Å². The van der Waals surface area contributed by atoms with Gasteiger partial charge in [0.25, 0.3) is 5.91 Å². The molecule has 0 unspecified atom stereocenters. The van der Waals surface area contributed by atoms with E-state index in [-0.39, 0.29) is 25.1 Å². The van der Waals surface area contributed by atoms with Crippen LogP contribution >= 0.6 is 11.6 Å². The number of rotatable bonds is 4. The van der Waals surface area contributed by atoms with E-state index in [1.54, 1.807) is 0 Å². The van der Waals surface area contributed by atoms with Gasteiger partial charge in [0.2, 0.25) is 0 Å². The molecule has 4 nitrogen and oxygen atoms in total. The van der Waals surface area contributed by atoms with Gasteiger partial charge in [-0.3, -0.25) is 9.59 Å². The second-order valence-electron chi connectivity index (χ2n) is 8.41. The quantitative estimate of drug-likeness (QED) is 0.477. The number of benzene rings is 3. The van der Waals surface area contributed by atoms with Crippen LogP contribution in [0.1, 0.15) is 43.7 Å². The minimum absolute atomic E-state index is 0.123. The summed E-state index contributed by atoms with van der Waals surface area (Å²) in [5.41, 5.74) is 6.97. The second kappa shape index (κ2) is 8.60. The molecule has 1 amide bonds. The summed E-state index contributed by atoms with van der Waals surface area (Å²) in [6, 6.07) is 9.74. The number of aryl methyl sites for hydroxylation is 1. The summed E-state index contributed by atoms with van der Waals surface area (Å²) < 4.78 is 27.8. The second-order valence-corrected chi connectivity index (χ2v) is 8.79. The smallest absolute Gasteiger partial charge is 0.307 e. The van der Waals surface area contributed by atoms with Crippen LogP contribution in [0, 0.1) is 32.4 Å². The first-order chi connectivity index (χ1) is 15.6. The number of amides is 1. The summed E-state index contributed by atoms with van der Waals surface area (Å²) in [6.45, 7) is 6.26. The van der Waals surface area contributed by atoms with Crippen LogP contribution in [0.5, 0.6) is 0 Å². The Morgan fingerprint density at radius 1 is 0.970 bits per heavy atom. The SMILES string of the molecule is Cc1ccc(-c2c(C)c3c(c(C)c2CC(=O)O)CN(C(=O)c2cc(F)c(Cl)c(F)c2)C3)cc1. The van der Waals surface area contributed by atoms with Gasteiger partial charge in [0, 0.05) is 18.7 Å². The van der Waals surface area contributed by atoms with E-state index in [9.17, 15) is 23.5 Å². The minimum atomic E-state index is -0.991. The van der Waals surface area contributed by atoms with Crippen molar-refractivity contribution in [1.29, 1.82) is 0 Å². The summed E-state index contributed by atoms with van der Waals surface area (Å²) in [7, 11) is 0. The molecule has 3 aromatic rings. The molecular formula is C26H22ClF2NO3. The molecule has 0 spiro atoms. The maximum Gasteiger partial charge on any atom is 0.307 e. The number of halogens is 3. The first-order valence-electron chi connectivity index (χ1n) is 10.4. The molecule has 0 saturated carbocycles. The van der Waals surface area contributed by atoms with Crippen LogP contribution in [-0.2, 0) is 24.3 Å². The van der Waals surface area contributed by atoms with Crippen molar-refractivity contribution in [3.63, 3.8) is 0 Å². The summed E-state index contributed by atoms with van der Waals surface area (Å²) >= 11 is 5.55. The van der Waals surface area contributed by atoms with Crippen LogP contribution in [-0.4, -0.2) is 21.9 Å². The average Bonchev–Trinajstić information content (AvgIpc) is 3.22. The van der Waals surface area contributed by atoms with E-state index in [2.05, 4.69) is 0 Å². The van der Waals surface area contributed by atoms with Gasteiger partial charge in [-0.1, -0.05) is 41.4 Å². The number of carboxylic acids is 1. The third-order valence-electron chi connectivity index (χ3n) is 6.28. The standard InChI is InChI=1S/C26H22ClF2NO3/c1-13-4-6-16(7-5-13)24-15(3)20-12-30(11-19(20)14(2)18(24)10-23(31)32)26(33)17-8-21(28)25(27)22(29)9-17/h4-9H,10-12H2,1-3H3,(H,31,32). The van der Waals surface area contributed by atoms with E-state index in [0.29, 0.717) is 5.56 Å². The summed E-state index contributed by atoms with van der Waals surface area (Å²) in [6.07, 6.45) is -0.148. The lowest BCUT2D eigenvalue weighted by Gasteiger charge is -2.19. The fourth-order valence-electron chi connectivity index (χ4n) is 4.55. The van der Waals surface area contributed by atoms with Gasteiger partial charge < -0.3 is 10.0 Å². The first kappa shape index (κ1) is 22.9. The van der Waals surface area contributed by atoms with Gasteiger partial charge in [0.05, 0.1) is 6.42 Å². The number of hydrogen-bond donors (Lipinski definition) is 1. The van der Waals surface area contributed by atoms with E-state index < -0.39 is 28.5 Å². The Morgan fingerprint density at radius 3 is 2.06 bits per heavy atom. The molecule has 1 aliphatic rings. The van der Waals surface area contributed by atoms with Gasteiger partial charge >= 0.3 is 5.97 Å². The van der Waals surface area contributed by atoms with Crippen LogP contribution in [0.2, 0.25) is 5.02 Å². The highest BCUT2D eigenvalue weighted by Crippen LogP contribution is 2.40. The Balaban J connectivity index is 1.80. The van der Waals surface area contributed by atoms with Crippen LogP contribution in [0.15, 0.2) is 36.4 Å². The van der Waals surface area contributed by atoms with Gasteiger partial charge in [0.15, 0.2) is 0 Å². The molecule has 0 radical (unpaired) electrons. The molecular weight excluding hydrogens is 448 g/mol. The van der Waals surface area contributed by atoms with E-state index >= 15 is 0 Å². The molecule has 4 rings (SSSR count). The fourth-order valence-corrected chi connectivity index (χ4v) is 4.66. The molecule has 7 heteroatoms. The van der Waals surface area contributed by atoms with E-state index in [1.165, 1.54) is 4.90 Å². The highest BCUT2D eigenvalue weighted by Gasteiger charge is 2.31. The molecule has 33 heavy (non-hydrogen) atoms. The van der Waals surface area contributed by atoms with Crippen molar-refractivity contribution in [2.24, 2.45) is 0 Å². The number of nitrogens with zero attached hydrogens (tertiary/aromatic N) is 1. The number of carbonyl (C=O) groups excluding carboxylic acids is 1. The van der Waals surface area contributed by atoms with Crippen molar-refractivity contribution >= 4 is 23.5 Å². The summed E-state index contributed by atoms with van der Waals surface area (Å²) in [5.74, 6) is -3.44. The predicted octanol–water partition coefficient (Wildman–Crippen LogP) is 5.99. The molecule has 1 N–H and O–H groups in total.